The first kappa shape index (κ1) is 20.2. The van der Waals surface area contributed by atoms with Crippen LogP contribution in [0, 0.1) is 5.92 Å². The van der Waals surface area contributed by atoms with Crippen molar-refractivity contribution in [3.05, 3.63) is 60.2 Å². The molecule has 0 bridgehead atoms. The lowest BCUT2D eigenvalue weighted by Crippen LogP contribution is -2.32. The van der Waals surface area contributed by atoms with Gasteiger partial charge in [0, 0.05) is 25.2 Å². The Bertz CT molecular complexity index is 722. The lowest BCUT2D eigenvalue weighted by molar-refractivity contribution is -0.121. The molecule has 1 saturated heterocycles. The number of nitrogens with zero attached hydrogens (tertiary/aromatic N) is 1. The van der Waals surface area contributed by atoms with E-state index in [0.29, 0.717) is 19.4 Å². The number of para-hydroxylation sites is 1. The molecule has 1 N–H and O–H groups in total. The Kier molecular flexibility index (Phi) is 7.35. The second-order valence-corrected chi connectivity index (χ2v) is 7.82. The largest absolute Gasteiger partial charge is 0.494 e. The van der Waals surface area contributed by atoms with Gasteiger partial charge in [-0.25, -0.2) is 0 Å². The van der Waals surface area contributed by atoms with Gasteiger partial charge in [-0.05, 0) is 61.9 Å². The highest BCUT2D eigenvalue weighted by Gasteiger charge is 2.16. The number of rotatable bonds is 8. The minimum Gasteiger partial charge on any atom is -0.494 e. The van der Waals surface area contributed by atoms with Crippen LogP contribution in [0.2, 0.25) is 0 Å². The van der Waals surface area contributed by atoms with Gasteiger partial charge in [0.2, 0.25) is 5.91 Å². The van der Waals surface area contributed by atoms with Crippen LogP contribution in [-0.4, -0.2) is 25.6 Å². The average Bonchev–Trinajstić information content (AvgIpc) is 2.73. The summed E-state index contributed by atoms with van der Waals surface area (Å²) in [6, 6.07) is 18.4. The van der Waals surface area contributed by atoms with Crippen LogP contribution in [0.25, 0.3) is 0 Å². The Hall–Kier alpha value is -2.49. The summed E-state index contributed by atoms with van der Waals surface area (Å²) < 4.78 is 5.64. The molecule has 28 heavy (non-hydrogen) atoms. The van der Waals surface area contributed by atoms with Gasteiger partial charge in [0.25, 0.3) is 0 Å². The Balaban J connectivity index is 1.40. The van der Waals surface area contributed by atoms with Crippen LogP contribution in [0.4, 0.5) is 5.69 Å². The molecular formula is C24H32N2O2. The third-order valence-corrected chi connectivity index (χ3v) is 5.48. The molecule has 1 heterocycles. The maximum Gasteiger partial charge on any atom is 0.220 e. The van der Waals surface area contributed by atoms with Gasteiger partial charge in [-0.2, -0.15) is 0 Å². The first-order valence-corrected chi connectivity index (χ1v) is 10.4. The number of anilines is 1. The van der Waals surface area contributed by atoms with Crippen molar-refractivity contribution >= 4 is 11.6 Å². The van der Waals surface area contributed by atoms with Crippen molar-refractivity contribution in [2.75, 3.05) is 24.6 Å². The number of ether oxygens (including phenoxy) is 1. The summed E-state index contributed by atoms with van der Waals surface area (Å²) in [5.74, 6) is 1.75. The van der Waals surface area contributed by atoms with Gasteiger partial charge >= 0.3 is 0 Å². The van der Waals surface area contributed by atoms with Crippen molar-refractivity contribution in [1.29, 1.82) is 0 Å². The van der Waals surface area contributed by atoms with E-state index in [1.165, 1.54) is 18.5 Å². The molecule has 0 aliphatic carbocycles. The van der Waals surface area contributed by atoms with Gasteiger partial charge < -0.3 is 15.0 Å². The van der Waals surface area contributed by atoms with E-state index in [4.69, 9.17) is 4.74 Å². The van der Waals surface area contributed by atoms with Gasteiger partial charge in [-0.15, -0.1) is 0 Å². The zero-order chi connectivity index (χ0) is 19.8. The van der Waals surface area contributed by atoms with E-state index in [0.717, 1.165) is 30.3 Å². The SMILES string of the molecule is CC1CCN(c2ccc([C@H](C)NC(=O)CCCOc3ccccc3)cc2)CC1. The Morgan fingerprint density at radius 3 is 2.46 bits per heavy atom. The highest BCUT2D eigenvalue weighted by Crippen LogP contribution is 2.24. The molecule has 2 aromatic rings. The molecule has 2 aromatic carbocycles. The molecule has 4 nitrogen and oxygen atoms in total. The maximum absolute atomic E-state index is 12.2. The molecular weight excluding hydrogens is 348 g/mol. The summed E-state index contributed by atoms with van der Waals surface area (Å²) in [5.41, 5.74) is 2.43. The van der Waals surface area contributed by atoms with Gasteiger partial charge in [0.1, 0.15) is 5.75 Å². The lowest BCUT2D eigenvalue weighted by atomic mass is 9.98. The van der Waals surface area contributed by atoms with Crippen molar-refractivity contribution in [3.63, 3.8) is 0 Å². The number of piperidine rings is 1. The summed E-state index contributed by atoms with van der Waals surface area (Å²) in [6.45, 7) is 7.19. The predicted molar refractivity (Wildman–Crippen MR) is 115 cm³/mol. The molecule has 1 aliphatic rings. The fourth-order valence-corrected chi connectivity index (χ4v) is 3.58. The highest BCUT2D eigenvalue weighted by molar-refractivity contribution is 5.76. The topological polar surface area (TPSA) is 41.6 Å². The quantitative estimate of drug-likeness (QED) is 0.658. The second-order valence-electron chi connectivity index (χ2n) is 7.82. The van der Waals surface area contributed by atoms with E-state index in [9.17, 15) is 4.79 Å². The highest BCUT2D eigenvalue weighted by atomic mass is 16.5. The van der Waals surface area contributed by atoms with E-state index in [1.54, 1.807) is 0 Å². The molecule has 0 unspecified atom stereocenters. The van der Waals surface area contributed by atoms with Crippen LogP contribution in [0.15, 0.2) is 54.6 Å². The van der Waals surface area contributed by atoms with Crippen molar-refractivity contribution < 1.29 is 9.53 Å². The monoisotopic (exact) mass is 380 g/mol. The molecule has 1 fully saturated rings. The minimum absolute atomic E-state index is 0.0120. The van der Waals surface area contributed by atoms with E-state index >= 15 is 0 Å². The van der Waals surface area contributed by atoms with Crippen LogP contribution in [0.3, 0.4) is 0 Å². The number of benzene rings is 2. The van der Waals surface area contributed by atoms with Gasteiger partial charge in [-0.1, -0.05) is 37.3 Å². The zero-order valence-electron chi connectivity index (χ0n) is 17.1. The first-order valence-electron chi connectivity index (χ1n) is 10.4. The van der Waals surface area contributed by atoms with Crippen LogP contribution >= 0.6 is 0 Å². The zero-order valence-corrected chi connectivity index (χ0v) is 17.1. The molecule has 150 valence electrons. The summed E-state index contributed by atoms with van der Waals surface area (Å²) in [6.07, 6.45) is 3.71. The van der Waals surface area contributed by atoms with Crippen molar-refractivity contribution in [1.82, 2.24) is 5.32 Å². The van der Waals surface area contributed by atoms with Crippen LogP contribution in [-0.2, 0) is 4.79 Å². The number of amides is 1. The van der Waals surface area contributed by atoms with E-state index in [-0.39, 0.29) is 11.9 Å². The molecule has 0 spiro atoms. The average molecular weight is 381 g/mol. The molecule has 3 rings (SSSR count). The Morgan fingerprint density at radius 2 is 1.79 bits per heavy atom. The van der Waals surface area contributed by atoms with E-state index in [2.05, 4.69) is 41.4 Å². The molecule has 1 atom stereocenters. The van der Waals surface area contributed by atoms with Crippen molar-refractivity contribution in [2.45, 2.75) is 45.6 Å². The van der Waals surface area contributed by atoms with E-state index in [1.807, 2.05) is 37.3 Å². The molecule has 0 saturated carbocycles. The van der Waals surface area contributed by atoms with Crippen molar-refractivity contribution in [3.8, 4) is 5.75 Å². The van der Waals surface area contributed by atoms with Crippen molar-refractivity contribution in [2.24, 2.45) is 5.92 Å². The van der Waals surface area contributed by atoms with Gasteiger partial charge in [-0.3, -0.25) is 4.79 Å². The smallest absolute Gasteiger partial charge is 0.220 e. The summed E-state index contributed by atoms with van der Waals surface area (Å²) in [5, 5.41) is 3.09. The third kappa shape index (κ3) is 6.01. The van der Waals surface area contributed by atoms with Crippen LogP contribution in [0.1, 0.15) is 51.1 Å². The fourth-order valence-electron chi connectivity index (χ4n) is 3.58. The Morgan fingerprint density at radius 1 is 1.11 bits per heavy atom. The summed E-state index contributed by atoms with van der Waals surface area (Å²) in [4.78, 5) is 14.7. The van der Waals surface area contributed by atoms with Gasteiger partial charge in [0.05, 0.1) is 12.6 Å². The number of nitrogens with one attached hydrogen (secondary N) is 1. The third-order valence-electron chi connectivity index (χ3n) is 5.48. The van der Waals surface area contributed by atoms with Crippen LogP contribution < -0.4 is 15.0 Å². The number of hydrogen-bond donors (Lipinski definition) is 1. The summed E-state index contributed by atoms with van der Waals surface area (Å²) in [7, 11) is 0. The number of carbonyl (C=O) groups excluding carboxylic acids is 1. The second kappa shape index (κ2) is 10.2. The minimum atomic E-state index is 0.0120. The Labute approximate surface area is 168 Å². The van der Waals surface area contributed by atoms with Crippen LogP contribution in [0.5, 0.6) is 5.75 Å². The molecule has 0 aromatic heterocycles. The number of hydrogen-bond acceptors (Lipinski definition) is 3. The lowest BCUT2D eigenvalue weighted by Gasteiger charge is -2.32. The normalized spacial score (nSPS) is 15.9. The maximum atomic E-state index is 12.2. The molecule has 0 radical (unpaired) electrons. The fraction of sp³-hybridized carbons (Fsp3) is 0.458. The summed E-state index contributed by atoms with van der Waals surface area (Å²) >= 11 is 0. The predicted octanol–water partition coefficient (Wildman–Crippen LogP) is 4.96. The molecule has 1 aliphatic heterocycles. The molecule has 1 amide bonds. The first-order chi connectivity index (χ1) is 13.6. The standard InChI is InChI=1S/C24H32N2O2/c1-19-14-16-26(17-15-19)22-12-10-21(11-13-22)20(2)25-24(27)9-6-18-28-23-7-4-3-5-8-23/h3-5,7-8,10-13,19-20H,6,9,14-18H2,1-2H3,(H,25,27)/t20-/m0/s1. The number of carbonyl (C=O) groups is 1. The van der Waals surface area contributed by atoms with Gasteiger partial charge in [0.15, 0.2) is 0 Å². The molecule has 4 heteroatoms. The van der Waals surface area contributed by atoms with E-state index < -0.39 is 0 Å².